The van der Waals surface area contributed by atoms with Gasteiger partial charge in [0.2, 0.25) is 11.8 Å². The van der Waals surface area contributed by atoms with Crippen molar-refractivity contribution in [1.82, 2.24) is 9.47 Å². The Hall–Kier alpha value is -3.61. The molecule has 0 spiro atoms. The Balaban J connectivity index is 1.37. The first-order chi connectivity index (χ1) is 14.1. The molecule has 29 heavy (non-hydrogen) atoms. The average Bonchev–Trinajstić information content (AvgIpc) is 3.34. The van der Waals surface area contributed by atoms with Crippen molar-refractivity contribution in [2.24, 2.45) is 0 Å². The first-order valence-corrected chi connectivity index (χ1v) is 9.70. The number of fused-ring (bicyclic) bond motifs is 3. The molecule has 2 aromatic carbocycles. The van der Waals surface area contributed by atoms with E-state index in [0.717, 1.165) is 17.3 Å². The number of anilines is 2. The lowest BCUT2D eigenvalue weighted by atomic mass is 10.1. The summed E-state index contributed by atoms with van der Waals surface area (Å²) < 4.78 is 1.88. The summed E-state index contributed by atoms with van der Waals surface area (Å²) in [5.41, 5.74) is 2.42. The lowest BCUT2D eigenvalue weighted by Crippen LogP contribution is -2.40. The summed E-state index contributed by atoms with van der Waals surface area (Å²) in [5.74, 6) is -0.505. The first-order valence-electron chi connectivity index (χ1n) is 9.70. The number of amides is 3. The summed E-state index contributed by atoms with van der Waals surface area (Å²) in [4.78, 5) is 39.5. The van der Waals surface area contributed by atoms with Crippen LogP contribution in [0.4, 0.5) is 11.4 Å². The van der Waals surface area contributed by atoms with E-state index < -0.39 is 6.04 Å². The molecule has 2 aliphatic heterocycles. The van der Waals surface area contributed by atoms with Crippen molar-refractivity contribution < 1.29 is 14.4 Å². The maximum absolute atomic E-state index is 12.9. The summed E-state index contributed by atoms with van der Waals surface area (Å²) in [7, 11) is 0. The third-order valence-electron chi connectivity index (χ3n) is 5.60. The minimum absolute atomic E-state index is 0.147. The minimum Gasteiger partial charge on any atom is -0.338 e. The molecule has 5 rings (SSSR count). The van der Waals surface area contributed by atoms with Crippen LogP contribution in [0.25, 0.3) is 10.9 Å². The Morgan fingerprint density at radius 3 is 2.90 bits per heavy atom. The predicted octanol–water partition coefficient (Wildman–Crippen LogP) is 2.84. The lowest BCUT2D eigenvalue weighted by molar-refractivity contribution is -0.119. The summed E-state index contributed by atoms with van der Waals surface area (Å²) in [6.45, 7) is 0.747. The van der Waals surface area contributed by atoms with E-state index in [1.807, 2.05) is 41.1 Å². The van der Waals surface area contributed by atoms with Gasteiger partial charge in [-0.15, -0.1) is 0 Å². The molecule has 1 saturated heterocycles. The van der Waals surface area contributed by atoms with E-state index in [1.54, 1.807) is 23.1 Å². The highest BCUT2D eigenvalue weighted by molar-refractivity contribution is 6.11. The van der Waals surface area contributed by atoms with E-state index in [2.05, 4.69) is 10.6 Å². The van der Waals surface area contributed by atoms with E-state index in [0.29, 0.717) is 29.9 Å². The molecular weight excluding hydrogens is 368 g/mol. The van der Waals surface area contributed by atoms with Crippen LogP contribution < -0.4 is 10.6 Å². The molecule has 3 aromatic rings. The molecule has 2 aliphatic rings. The number of carbonyl (C=O) groups is 3. The Morgan fingerprint density at radius 2 is 2.00 bits per heavy atom. The van der Waals surface area contributed by atoms with Gasteiger partial charge in [0.05, 0.1) is 11.3 Å². The van der Waals surface area contributed by atoms with Crippen molar-refractivity contribution in [3.8, 4) is 0 Å². The molecule has 3 heterocycles. The molecule has 0 unspecified atom stereocenters. The van der Waals surface area contributed by atoms with Crippen molar-refractivity contribution >= 4 is 40.0 Å². The molecule has 0 radical (unpaired) electrons. The van der Waals surface area contributed by atoms with Crippen LogP contribution in [-0.4, -0.2) is 39.8 Å². The van der Waals surface area contributed by atoms with Crippen molar-refractivity contribution in [3.05, 3.63) is 60.3 Å². The SMILES string of the molecule is O=C(Cn1ccc2ccccc21)Nc1ccc2c(c1)C(=O)N1CCC[C@H]1C(=O)N2. The number of rotatable bonds is 3. The van der Waals surface area contributed by atoms with Gasteiger partial charge in [0.1, 0.15) is 12.6 Å². The number of hydrogen-bond acceptors (Lipinski definition) is 3. The van der Waals surface area contributed by atoms with Gasteiger partial charge in [-0.1, -0.05) is 18.2 Å². The van der Waals surface area contributed by atoms with Crippen LogP contribution in [0.2, 0.25) is 0 Å². The number of para-hydroxylation sites is 1. The Bertz CT molecular complexity index is 1150. The van der Waals surface area contributed by atoms with Crippen LogP contribution in [0.5, 0.6) is 0 Å². The fraction of sp³-hybridized carbons (Fsp3) is 0.227. The monoisotopic (exact) mass is 388 g/mol. The normalized spacial score (nSPS) is 18.2. The summed E-state index contributed by atoms with van der Waals surface area (Å²) in [6, 6.07) is 14.5. The molecule has 2 N–H and O–H groups in total. The maximum Gasteiger partial charge on any atom is 0.256 e. The third kappa shape index (κ3) is 3.04. The van der Waals surface area contributed by atoms with Crippen molar-refractivity contribution in [3.63, 3.8) is 0 Å². The van der Waals surface area contributed by atoms with Gasteiger partial charge in [-0.3, -0.25) is 14.4 Å². The summed E-state index contributed by atoms with van der Waals surface area (Å²) in [6.07, 6.45) is 3.38. The standard InChI is InChI=1S/C22H20N4O3/c27-20(13-25-11-9-14-4-1-2-5-18(14)25)23-15-7-8-17-16(12-15)22(29)26-10-3-6-19(26)21(28)24-17/h1-2,4-5,7-9,11-12,19H,3,6,10,13H2,(H,23,27)(H,24,28)/t19-/m0/s1. The molecule has 146 valence electrons. The largest absolute Gasteiger partial charge is 0.338 e. The van der Waals surface area contributed by atoms with Gasteiger partial charge in [-0.25, -0.2) is 0 Å². The fourth-order valence-corrected chi connectivity index (χ4v) is 4.19. The number of benzene rings is 2. The van der Waals surface area contributed by atoms with Crippen molar-refractivity contribution in [2.45, 2.75) is 25.4 Å². The first kappa shape index (κ1) is 17.5. The van der Waals surface area contributed by atoms with Crippen molar-refractivity contribution in [1.29, 1.82) is 0 Å². The zero-order valence-electron chi connectivity index (χ0n) is 15.7. The molecule has 1 atom stereocenters. The molecular formula is C22H20N4O3. The van der Waals surface area contributed by atoms with Gasteiger partial charge >= 0.3 is 0 Å². The number of nitrogens with one attached hydrogen (secondary N) is 2. The van der Waals surface area contributed by atoms with Crippen LogP contribution in [0, 0.1) is 0 Å². The maximum atomic E-state index is 12.9. The molecule has 1 fully saturated rings. The number of aromatic nitrogens is 1. The van der Waals surface area contributed by atoms with Gasteiger partial charge in [0.15, 0.2) is 0 Å². The second-order valence-corrected chi connectivity index (χ2v) is 7.46. The van der Waals surface area contributed by atoms with E-state index in [-0.39, 0.29) is 24.3 Å². The molecule has 0 bridgehead atoms. The fourth-order valence-electron chi connectivity index (χ4n) is 4.19. The van der Waals surface area contributed by atoms with Gasteiger partial charge < -0.3 is 20.1 Å². The van der Waals surface area contributed by atoms with Gasteiger partial charge in [0.25, 0.3) is 5.91 Å². The molecule has 0 aliphatic carbocycles. The van der Waals surface area contributed by atoms with Crippen LogP contribution in [0.3, 0.4) is 0 Å². The second-order valence-electron chi connectivity index (χ2n) is 7.46. The van der Waals surface area contributed by atoms with Crippen LogP contribution in [0.15, 0.2) is 54.7 Å². The van der Waals surface area contributed by atoms with Gasteiger partial charge in [0, 0.05) is 23.9 Å². The predicted molar refractivity (Wildman–Crippen MR) is 110 cm³/mol. The van der Waals surface area contributed by atoms with Crippen LogP contribution >= 0.6 is 0 Å². The van der Waals surface area contributed by atoms with Crippen LogP contribution in [-0.2, 0) is 16.1 Å². The molecule has 7 heteroatoms. The molecule has 3 amide bonds. The highest BCUT2D eigenvalue weighted by Crippen LogP contribution is 2.30. The minimum atomic E-state index is -0.407. The Kier molecular flexibility index (Phi) is 4.08. The number of carbonyl (C=O) groups excluding carboxylic acids is 3. The van der Waals surface area contributed by atoms with Gasteiger partial charge in [-0.05, 0) is 48.6 Å². The van der Waals surface area contributed by atoms with E-state index in [9.17, 15) is 14.4 Å². The zero-order valence-corrected chi connectivity index (χ0v) is 15.7. The Labute approximate surface area is 167 Å². The Morgan fingerprint density at radius 1 is 1.14 bits per heavy atom. The molecule has 7 nitrogen and oxygen atoms in total. The average molecular weight is 388 g/mol. The smallest absolute Gasteiger partial charge is 0.256 e. The topological polar surface area (TPSA) is 83.4 Å². The summed E-state index contributed by atoms with van der Waals surface area (Å²) >= 11 is 0. The number of nitrogens with zero attached hydrogens (tertiary/aromatic N) is 2. The molecule has 1 aromatic heterocycles. The quantitative estimate of drug-likeness (QED) is 0.724. The third-order valence-corrected chi connectivity index (χ3v) is 5.60. The lowest BCUT2D eigenvalue weighted by Gasteiger charge is -2.20. The summed E-state index contributed by atoms with van der Waals surface area (Å²) in [5, 5.41) is 6.78. The number of hydrogen-bond donors (Lipinski definition) is 2. The second kappa shape index (κ2) is 6.77. The van der Waals surface area contributed by atoms with E-state index in [4.69, 9.17) is 0 Å². The highest BCUT2D eigenvalue weighted by Gasteiger charge is 2.38. The van der Waals surface area contributed by atoms with Gasteiger partial charge in [-0.2, -0.15) is 0 Å². The van der Waals surface area contributed by atoms with E-state index in [1.165, 1.54) is 0 Å². The zero-order chi connectivity index (χ0) is 20.0. The van der Waals surface area contributed by atoms with E-state index >= 15 is 0 Å². The molecule has 0 saturated carbocycles. The van der Waals surface area contributed by atoms with Crippen LogP contribution in [0.1, 0.15) is 23.2 Å². The highest BCUT2D eigenvalue weighted by atomic mass is 16.2. The van der Waals surface area contributed by atoms with Crippen molar-refractivity contribution in [2.75, 3.05) is 17.2 Å².